The van der Waals surface area contributed by atoms with Gasteiger partial charge in [0, 0.05) is 12.6 Å². The molecule has 0 saturated carbocycles. The molecule has 2 N–H and O–H groups in total. The number of benzene rings is 1. The van der Waals surface area contributed by atoms with E-state index in [0.29, 0.717) is 6.10 Å². The van der Waals surface area contributed by atoms with Crippen molar-refractivity contribution in [2.24, 2.45) is 5.73 Å². The summed E-state index contributed by atoms with van der Waals surface area (Å²) in [4.78, 5) is 0. The van der Waals surface area contributed by atoms with E-state index >= 15 is 0 Å². The Morgan fingerprint density at radius 2 is 1.94 bits per heavy atom. The highest BCUT2D eigenvalue weighted by Crippen LogP contribution is 2.26. The van der Waals surface area contributed by atoms with Gasteiger partial charge >= 0.3 is 0 Å². The van der Waals surface area contributed by atoms with Crippen molar-refractivity contribution in [2.45, 2.75) is 58.6 Å². The highest BCUT2D eigenvalue weighted by Gasteiger charge is 2.18. The summed E-state index contributed by atoms with van der Waals surface area (Å²) >= 11 is 0. The van der Waals surface area contributed by atoms with Crippen molar-refractivity contribution >= 4 is 0 Å². The van der Waals surface area contributed by atoms with Crippen LogP contribution >= 0.6 is 0 Å². The standard InChI is InChI=1S/C16H25NO/c1-11-9-13(3)15(10-12(11)2)16(17)7-6-14-5-4-8-18-14/h9-10,14,16H,4-8,17H2,1-3H3. The van der Waals surface area contributed by atoms with Crippen molar-refractivity contribution in [1.82, 2.24) is 0 Å². The first kappa shape index (κ1) is 13.6. The minimum Gasteiger partial charge on any atom is -0.378 e. The number of rotatable bonds is 4. The lowest BCUT2D eigenvalue weighted by Crippen LogP contribution is -2.15. The highest BCUT2D eigenvalue weighted by molar-refractivity contribution is 5.38. The zero-order valence-electron chi connectivity index (χ0n) is 11.8. The molecule has 1 fully saturated rings. The quantitative estimate of drug-likeness (QED) is 0.882. The molecule has 0 radical (unpaired) electrons. The number of hydrogen-bond donors (Lipinski definition) is 1. The van der Waals surface area contributed by atoms with Crippen molar-refractivity contribution in [3.8, 4) is 0 Å². The van der Waals surface area contributed by atoms with E-state index in [4.69, 9.17) is 10.5 Å². The predicted octanol–water partition coefficient (Wildman–Crippen LogP) is 3.57. The molecule has 2 unspecified atom stereocenters. The second kappa shape index (κ2) is 5.85. The summed E-state index contributed by atoms with van der Waals surface area (Å²) in [5.41, 5.74) is 11.6. The molecule has 0 bridgehead atoms. The van der Waals surface area contributed by atoms with Gasteiger partial charge in [0.2, 0.25) is 0 Å². The first-order chi connectivity index (χ1) is 8.58. The third kappa shape index (κ3) is 3.12. The van der Waals surface area contributed by atoms with E-state index in [0.717, 1.165) is 19.4 Å². The third-order valence-corrected chi connectivity index (χ3v) is 4.11. The van der Waals surface area contributed by atoms with Crippen LogP contribution in [-0.2, 0) is 4.74 Å². The summed E-state index contributed by atoms with van der Waals surface area (Å²) in [6.45, 7) is 7.41. The van der Waals surface area contributed by atoms with Gasteiger partial charge in [-0.15, -0.1) is 0 Å². The molecule has 1 saturated heterocycles. The zero-order valence-corrected chi connectivity index (χ0v) is 11.8. The van der Waals surface area contributed by atoms with Gasteiger partial charge < -0.3 is 10.5 Å². The van der Waals surface area contributed by atoms with Gasteiger partial charge in [-0.3, -0.25) is 0 Å². The van der Waals surface area contributed by atoms with Gasteiger partial charge in [0.25, 0.3) is 0 Å². The van der Waals surface area contributed by atoms with Crippen LogP contribution in [0.25, 0.3) is 0 Å². The van der Waals surface area contributed by atoms with Gasteiger partial charge in [-0.2, -0.15) is 0 Å². The molecule has 1 heterocycles. The van der Waals surface area contributed by atoms with E-state index in [-0.39, 0.29) is 6.04 Å². The van der Waals surface area contributed by atoms with Crippen LogP contribution in [0.5, 0.6) is 0 Å². The monoisotopic (exact) mass is 247 g/mol. The van der Waals surface area contributed by atoms with E-state index in [9.17, 15) is 0 Å². The normalized spacial score (nSPS) is 21.2. The highest BCUT2D eigenvalue weighted by atomic mass is 16.5. The minimum atomic E-state index is 0.147. The smallest absolute Gasteiger partial charge is 0.0576 e. The Labute approximate surface area is 111 Å². The van der Waals surface area contributed by atoms with Gasteiger partial charge in [-0.05, 0) is 68.7 Å². The molecular weight excluding hydrogens is 222 g/mol. The van der Waals surface area contributed by atoms with Gasteiger partial charge in [-0.1, -0.05) is 12.1 Å². The van der Waals surface area contributed by atoms with Crippen LogP contribution in [0.3, 0.4) is 0 Å². The molecule has 1 aliphatic rings. The van der Waals surface area contributed by atoms with Crippen molar-refractivity contribution in [3.05, 3.63) is 34.4 Å². The molecule has 0 aliphatic carbocycles. The molecule has 1 aromatic carbocycles. The summed E-state index contributed by atoms with van der Waals surface area (Å²) in [5, 5.41) is 0. The van der Waals surface area contributed by atoms with Gasteiger partial charge in [-0.25, -0.2) is 0 Å². The maximum Gasteiger partial charge on any atom is 0.0576 e. The van der Waals surface area contributed by atoms with Crippen molar-refractivity contribution in [2.75, 3.05) is 6.61 Å². The molecule has 2 atom stereocenters. The van der Waals surface area contributed by atoms with E-state index in [2.05, 4.69) is 32.9 Å². The fourth-order valence-electron chi connectivity index (χ4n) is 2.78. The Balaban J connectivity index is 1.99. The fourth-order valence-corrected chi connectivity index (χ4v) is 2.78. The number of nitrogens with two attached hydrogens (primary N) is 1. The Morgan fingerprint density at radius 3 is 2.61 bits per heavy atom. The Hall–Kier alpha value is -0.860. The third-order valence-electron chi connectivity index (χ3n) is 4.11. The molecule has 18 heavy (non-hydrogen) atoms. The molecule has 1 aliphatic heterocycles. The summed E-state index contributed by atoms with van der Waals surface area (Å²) in [6, 6.07) is 4.65. The fraction of sp³-hybridized carbons (Fsp3) is 0.625. The van der Waals surface area contributed by atoms with Crippen molar-refractivity contribution < 1.29 is 4.74 Å². The summed E-state index contributed by atoms with van der Waals surface area (Å²) in [6.07, 6.45) is 4.98. The van der Waals surface area contributed by atoms with Crippen molar-refractivity contribution in [3.63, 3.8) is 0 Å². The molecule has 1 aromatic rings. The Morgan fingerprint density at radius 1 is 1.22 bits per heavy atom. The van der Waals surface area contributed by atoms with Crippen LogP contribution in [-0.4, -0.2) is 12.7 Å². The average molecular weight is 247 g/mol. The summed E-state index contributed by atoms with van der Waals surface area (Å²) in [7, 11) is 0. The molecule has 100 valence electrons. The lowest BCUT2D eigenvalue weighted by molar-refractivity contribution is 0.101. The van der Waals surface area contributed by atoms with Crippen LogP contribution in [0.2, 0.25) is 0 Å². The molecule has 2 nitrogen and oxygen atoms in total. The summed E-state index contributed by atoms with van der Waals surface area (Å²) in [5.74, 6) is 0. The van der Waals surface area contributed by atoms with Gasteiger partial charge in [0.1, 0.15) is 0 Å². The average Bonchev–Trinajstić information content (AvgIpc) is 2.84. The zero-order chi connectivity index (χ0) is 13.1. The maximum atomic E-state index is 6.34. The molecule has 0 amide bonds. The molecule has 2 heteroatoms. The van der Waals surface area contributed by atoms with Crippen LogP contribution in [0, 0.1) is 20.8 Å². The number of aryl methyl sites for hydroxylation is 3. The van der Waals surface area contributed by atoms with E-state index in [1.165, 1.54) is 35.1 Å². The second-order valence-electron chi connectivity index (χ2n) is 5.61. The first-order valence-electron chi connectivity index (χ1n) is 7.03. The van der Waals surface area contributed by atoms with Gasteiger partial charge in [0.05, 0.1) is 6.10 Å². The molecular formula is C16H25NO. The van der Waals surface area contributed by atoms with E-state index < -0.39 is 0 Å². The number of hydrogen-bond acceptors (Lipinski definition) is 2. The lowest BCUT2D eigenvalue weighted by Gasteiger charge is -2.18. The van der Waals surface area contributed by atoms with Crippen LogP contribution in [0.1, 0.15) is 54.0 Å². The summed E-state index contributed by atoms with van der Waals surface area (Å²) < 4.78 is 5.66. The van der Waals surface area contributed by atoms with Gasteiger partial charge in [0.15, 0.2) is 0 Å². The minimum absolute atomic E-state index is 0.147. The van der Waals surface area contributed by atoms with Crippen molar-refractivity contribution in [1.29, 1.82) is 0 Å². The largest absolute Gasteiger partial charge is 0.378 e. The van der Waals surface area contributed by atoms with Crippen LogP contribution in [0.4, 0.5) is 0 Å². The van der Waals surface area contributed by atoms with E-state index in [1.807, 2.05) is 0 Å². The molecule has 0 spiro atoms. The molecule has 0 aromatic heterocycles. The van der Waals surface area contributed by atoms with Crippen LogP contribution in [0.15, 0.2) is 12.1 Å². The topological polar surface area (TPSA) is 35.2 Å². The Kier molecular flexibility index (Phi) is 4.41. The molecule has 2 rings (SSSR count). The second-order valence-corrected chi connectivity index (χ2v) is 5.61. The van der Waals surface area contributed by atoms with Crippen LogP contribution < -0.4 is 5.73 Å². The maximum absolute atomic E-state index is 6.34. The lowest BCUT2D eigenvalue weighted by atomic mass is 9.93. The predicted molar refractivity (Wildman–Crippen MR) is 75.8 cm³/mol. The Bertz CT molecular complexity index is 408. The SMILES string of the molecule is Cc1cc(C)c(C(N)CCC2CCCO2)cc1C. The van der Waals surface area contributed by atoms with E-state index in [1.54, 1.807) is 0 Å². The number of ether oxygens (including phenoxy) is 1. The first-order valence-corrected chi connectivity index (χ1v) is 7.03.